The lowest BCUT2D eigenvalue weighted by Crippen LogP contribution is -2.48. The van der Waals surface area contributed by atoms with Crippen molar-refractivity contribution in [2.75, 3.05) is 23.0 Å². The molecule has 8 heteroatoms. The predicted molar refractivity (Wildman–Crippen MR) is 125 cm³/mol. The molecule has 0 spiro atoms. The molecule has 1 unspecified atom stereocenters. The smallest absolute Gasteiger partial charge is 0.249 e. The molecular formula is C25H22FN3O3S. The van der Waals surface area contributed by atoms with Crippen molar-refractivity contribution in [2.24, 2.45) is 0 Å². The number of anilines is 2. The van der Waals surface area contributed by atoms with Crippen LogP contribution in [0, 0.1) is 17.1 Å². The van der Waals surface area contributed by atoms with E-state index in [1.54, 1.807) is 48.5 Å². The average Bonchev–Trinajstić information content (AvgIpc) is 2.80. The van der Waals surface area contributed by atoms with Crippen LogP contribution in [0.5, 0.6) is 0 Å². The van der Waals surface area contributed by atoms with E-state index in [0.717, 1.165) is 6.26 Å². The number of nitrogens with one attached hydrogen (secondary N) is 1. The number of nitriles is 1. The van der Waals surface area contributed by atoms with Gasteiger partial charge < -0.3 is 10.2 Å². The second-order valence-corrected chi connectivity index (χ2v) is 9.94. The fraction of sp³-hybridized carbons (Fsp3) is 0.200. The summed E-state index contributed by atoms with van der Waals surface area (Å²) in [7, 11) is -3.49. The fourth-order valence-corrected chi connectivity index (χ4v) is 4.96. The predicted octanol–water partition coefficient (Wildman–Crippen LogP) is 4.38. The third-order valence-corrected chi connectivity index (χ3v) is 6.76. The molecule has 0 aromatic heterocycles. The van der Waals surface area contributed by atoms with Crippen LogP contribution in [0.2, 0.25) is 0 Å². The fourth-order valence-electron chi connectivity index (χ4n) is 4.05. The summed E-state index contributed by atoms with van der Waals surface area (Å²) < 4.78 is 39.4. The molecule has 168 valence electrons. The van der Waals surface area contributed by atoms with Crippen LogP contribution in [0.3, 0.4) is 0 Å². The zero-order valence-corrected chi connectivity index (χ0v) is 18.8. The minimum Gasteiger partial charge on any atom is -0.374 e. The first-order chi connectivity index (χ1) is 15.8. The van der Waals surface area contributed by atoms with Gasteiger partial charge in [-0.05, 0) is 54.8 Å². The van der Waals surface area contributed by atoms with E-state index >= 15 is 4.39 Å². The van der Waals surface area contributed by atoms with Gasteiger partial charge in [-0.3, -0.25) is 4.79 Å². The zero-order chi connectivity index (χ0) is 23.6. The average molecular weight is 464 g/mol. The van der Waals surface area contributed by atoms with Crippen molar-refractivity contribution >= 4 is 27.1 Å². The highest BCUT2D eigenvalue weighted by atomic mass is 32.2. The first-order valence-electron chi connectivity index (χ1n) is 10.4. The Labute approximate surface area is 192 Å². The molecule has 1 N–H and O–H groups in total. The summed E-state index contributed by atoms with van der Waals surface area (Å²) in [5, 5.41) is 12.2. The number of sulfone groups is 1. The minimum atomic E-state index is -3.49. The first kappa shape index (κ1) is 22.5. The number of piperidine rings is 1. The Morgan fingerprint density at radius 1 is 1.09 bits per heavy atom. The molecule has 1 heterocycles. The maximum absolute atomic E-state index is 15.2. The second-order valence-electron chi connectivity index (χ2n) is 7.96. The van der Waals surface area contributed by atoms with E-state index < -0.39 is 21.7 Å². The number of carbonyl (C=O) groups excluding carboxylic acids is 1. The van der Waals surface area contributed by atoms with E-state index in [1.807, 2.05) is 0 Å². The summed E-state index contributed by atoms with van der Waals surface area (Å²) in [6.07, 6.45) is 2.38. The van der Waals surface area contributed by atoms with Crippen LogP contribution in [0.15, 0.2) is 71.6 Å². The quantitative estimate of drug-likeness (QED) is 0.607. The van der Waals surface area contributed by atoms with Gasteiger partial charge in [0.2, 0.25) is 5.91 Å². The number of hydrogen-bond acceptors (Lipinski definition) is 5. The third-order valence-electron chi connectivity index (χ3n) is 5.61. The number of halogens is 1. The lowest BCUT2D eigenvalue weighted by Gasteiger charge is -2.33. The standard InChI is InChI=1S/C25H22FN3O3S/c1-33(31,32)24-10-3-2-8-20(24)18-11-12-23(21(26)15-18)29-13-5-9-22(25(29)30)28-19-7-4-6-17(14-19)16-27/h2-4,6-8,10-12,14-15,22,28H,5,9,13H2,1H3. The van der Waals surface area contributed by atoms with Gasteiger partial charge in [0.1, 0.15) is 11.9 Å². The number of amides is 1. The summed E-state index contributed by atoms with van der Waals surface area (Å²) in [6.45, 7) is 0.380. The van der Waals surface area contributed by atoms with E-state index in [4.69, 9.17) is 5.26 Å². The Morgan fingerprint density at radius 3 is 2.61 bits per heavy atom. The van der Waals surface area contributed by atoms with Crippen molar-refractivity contribution in [1.82, 2.24) is 0 Å². The lowest BCUT2D eigenvalue weighted by molar-refractivity contribution is -0.120. The maximum Gasteiger partial charge on any atom is 0.249 e. The third kappa shape index (κ3) is 4.73. The Morgan fingerprint density at radius 2 is 1.88 bits per heavy atom. The number of hydrogen-bond donors (Lipinski definition) is 1. The van der Waals surface area contributed by atoms with E-state index in [-0.39, 0.29) is 16.5 Å². The van der Waals surface area contributed by atoms with Gasteiger partial charge in [0.05, 0.1) is 22.2 Å². The molecular weight excluding hydrogens is 441 g/mol. The van der Waals surface area contributed by atoms with E-state index in [9.17, 15) is 13.2 Å². The molecule has 1 saturated heterocycles. The van der Waals surface area contributed by atoms with Crippen molar-refractivity contribution in [3.8, 4) is 17.2 Å². The molecule has 1 fully saturated rings. The lowest BCUT2D eigenvalue weighted by atomic mass is 10.0. The highest BCUT2D eigenvalue weighted by Gasteiger charge is 2.31. The van der Waals surface area contributed by atoms with Crippen LogP contribution in [0.1, 0.15) is 18.4 Å². The minimum absolute atomic E-state index is 0.120. The maximum atomic E-state index is 15.2. The first-order valence-corrected chi connectivity index (χ1v) is 12.3. The van der Waals surface area contributed by atoms with Gasteiger partial charge in [-0.25, -0.2) is 12.8 Å². The van der Waals surface area contributed by atoms with Crippen LogP contribution < -0.4 is 10.2 Å². The molecule has 1 amide bonds. The van der Waals surface area contributed by atoms with Gasteiger partial charge in [-0.1, -0.05) is 30.3 Å². The van der Waals surface area contributed by atoms with Gasteiger partial charge in [0, 0.05) is 24.1 Å². The molecule has 0 radical (unpaired) electrons. The number of carbonyl (C=O) groups is 1. The van der Waals surface area contributed by atoms with Gasteiger partial charge in [-0.2, -0.15) is 5.26 Å². The topological polar surface area (TPSA) is 90.3 Å². The van der Waals surface area contributed by atoms with Crippen molar-refractivity contribution in [1.29, 1.82) is 5.26 Å². The van der Waals surface area contributed by atoms with Crippen LogP contribution in [-0.2, 0) is 14.6 Å². The molecule has 0 bridgehead atoms. The number of nitrogens with zero attached hydrogens (tertiary/aromatic N) is 2. The zero-order valence-electron chi connectivity index (χ0n) is 18.0. The van der Waals surface area contributed by atoms with Crippen LogP contribution in [0.4, 0.5) is 15.8 Å². The highest BCUT2D eigenvalue weighted by molar-refractivity contribution is 7.90. The summed E-state index contributed by atoms with van der Waals surface area (Å²) in [4.78, 5) is 14.7. The van der Waals surface area contributed by atoms with E-state index in [1.165, 1.54) is 23.1 Å². The van der Waals surface area contributed by atoms with Gasteiger partial charge >= 0.3 is 0 Å². The Hall–Kier alpha value is -3.70. The summed E-state index contributed by atoms with van der Waals surface area (Å²) >= 11 is 0. The molecule has 0 aliphatic carbocycles. The van der Waals surface area contributed by atoms with Crippen molar-refractivity contribution < 1.29 is 17.6 Å². The molecule has 3 aromatic rings. The Kier molecular flexibility index (Phi) is 6.16. The van der Waals surface area contributed by atoms with Crippen molar-refractivity contribution in [2.45, 2.75) is 23.8 Å². The Bertz CT molecular complexity index is 1370. The summed E-state index contributed by atoms with van der Waals surface area (Å²) in [6, 6.07) is 19.2. The molecule has 6 nitrogen and oxygen atoms in total. The molecule has 0 saturated carbocycles. The van der Waals surface area contributed by atoms with E-state index in [2.05, 4.69) is 11.4 Å². The van der Waals surface area contributed by atoms with Gasteiger partial charge in [-0.15, -0.1) is 0 Å². The van der Waals surface area contributed by atoms with Crippen molar-refractivity contribution in [3.63, 3.8) is 0 Å². The summed E-state index contributed by atoms with van der Waals surface area (Å²) in [5.41, 5.74) is 2.12. The number of rotatable bonds is 5. The van der Waals surface area contributed by atoms with E-state index in [0.29, 0.717) is 41.8 Å². The van der Waals surface area contributed by atoms with Crippen LogP contribution in [0.25, 0.3) is 11.1 Å². The summed E-state index contributed by atoms with van der Waals surface area (Å²) in [5.74, 6) is -0.858. The van der Waals surface area contributed by atoms with Gasteiger partial charge in [0.15, 0.2) is 9.84 Å². The number of benzene rings is 3. The normalized spacial score (nSPS) is 16.3. The molecule has 1 aliphatic rings. The monoisotopic (exact) mass is 463 g/mol. The van der Waals surface area contributed by atoms with Crippen molar-refractivity contribution in [3.05, 3.63) is 78.1 Å². The Balaban J connectivity index is 1.61. The second kappa shape index (κ2) is 9.04. The van der Waals surface area contributed by atoms with Crippen LogP contribution in [-0.4, -0.2) is 33.2 Å². The van der Waals surface area contributed by atoms with Gasteiger partial charge in [0.25, 0.3) is 0 Å². The molecule has 1 aliphatic heterocycles. The molecule has 3 aromatic carbocycles. The molecule has 1 atom stereocenters. The largest absolute Gasteiger partial charge is 0.374 e. The van der Waals surface area contributed by atoms with Crippen LogP contribution >= 0.6 is 0 Å². The molecule has 33 heavy (non-hydrogen) atoms. The molecule has 4 rings (SSSR count). The highest BCUT2D eigenvalue weighted by Crippen LogP contribution is 2.32. The SMILES string of the molecule is CS(=O)(=O)c1ccccc1-c1ccc(N2CCCC(Nc3cccc(C#N)c3)C2=O)c(F)c1.